The Morgan fingerprint density at radius 1 is 0.852 bits per heavy atom. The molecule has 0 unspecified atom stereocenters. The summed E-state index contributed by atoms with van der Waals surface area (Å²) in [5.41, 5.74) is 2.73. The lowest BCUT2D eigenvalue weighted by Crippen LogP contribution is -2.11. The minimum atomic E-state index is -3.63. The normalized spacial score (nSPS) is 11.7. The molecule has 0 atom stereocenters. The third-order valence-corrected chi connectivity index (χ3v) is 7.00. The lowest BCUT2D eigenvalue weighted by Gasteiger charge is -2.07. The molecule has 27 heavy (non-hydrogen) atoms. The van der Waals surface area contributed by atoms with Gasteiger partial charge in [-0.2, -0.15) is 11.8 Å². The van der Waals surface area contributed by atoms with Crippen molar-refractivity contribution in [1.82, 2.24) is 8.96 Å². The van der Waals surface area contributed by atoms with E-state index in [1.165, 1.54) is 3.97 Å². The van der Waals surface area contributed by atoms with Gasteiger partial charge >= 0.3 is 0 Å². The van der Waals surface area contributed by atoms with E-state index in [1.54, 1.807) is 48.4 Å². The molecule has 2 heterocycles. The Balaban J connectivity index is 1.67. The molecule has 136 valence electrons. The van der Waals surface area contributed by atoms with E-state index >= 15 is 0 Å². The third-order valence-electron chi connectivity index (χ3n) is 4.29. The number of aromatic nitrogens is 2. The van der Waals surface area contributed by atoms with Crippen molar-refractivity contribution in [3.63, 3.8) is 0 Å². The van der Waals surface area contributed by atoms with Crippen LogP contribution >= 0.6 is 11.8 Å². The van der Waals surface area contributed by atoms with E-state index in [2.05, 4.69) is 4.98 Å². The number of rotatable bonds is 6. The number of thioether (sulfide) groups is 1. The molecule has 0 saturated carbocycles. The van der Waals surface area contributed by atoms with Crippen molar-refractivity contribution >= 4 is 32.7 Å². The topological polar surface area (TPSA) is 52.0 Å². The van der Waals surface area contributed by atoms with Crippen molar-refractivity contribution in [2.45, 2.75) is 16.4 Å². The first-order valence-corrected chi connectivity index (χ1v) is 11.1. The van der Waals surface area contributed by atoms with Crippen molar-refractivity contribution in [1.29, 1.82) is 0 Å². The van der Waals surface area contributed by atoms with Crippen LogP contribution in [0.1, 0.15) is 11.3 Å². The van der Waals surface area contributed by atoms with Gasteiger partial charge in [-0.15, -0.1) is 0 Å². The van der Waals surface area contributed by atoms with Gasteiger partial charge in [0.1, 0.15) is 0 Å². The van der Waals surface area contributed by atoms with Crippen LogP contribution in [0.25, 0.3) is 10.9 Å². The van der Waals surface area contributed by atoms with E-state index < -0.39 is 10.0 Å². The zero-order chi connectivity index (χ0) is 18.7. The maximum Gasteiger partial charge on any atom is 0.268 e. The number of pyridine rings is 1. The summed E-state index contributed by atoms with van der Waals surface area (Å²) in [6.07, 6.45) is 3.53. The molecular formula is C21H18N2O2S2. The Labute approximate surface area is 162 Å². The van der Waals surface area contributed by atoms with Crippen molar-refractivity contribution in [2.24, 2.45) is 0 Å². The summed E-state index contributed by atoms with van der Waals surface area (Å²) in [5, 5.41) is 0.963. The van der Waals surface area contributed by atoms with Crippen LogP contribution in [-0.4, -0.2) is 17.4 Å². The molecule has 2 aromatic carbocycles. The summed E-state index contributed by atoms with van der Waals surface area (Å²) in [5.74, 6) is 1.50. The van der Waals surface area contributed by atoms with Gasteiger partial charge in [0.25, 0.3) is 10.0 Å². The highest BCUT2D eigenvalue weighted by atomic mass is 32.2. The van der Waals surface area contributed by atoms with Crippen molar-refractivity contribution in [3.8, 4) is 0 Å². The Bertz CT molecular complexity index is 1150. The maximum absolute atomic E-state index is 13.1. The highest BCUT2D eigenvalue weighted by Crippen LogP contribution is 2.29. The summed E-state index contributed by atoms with van der Waals surface area (Å²) in [6, 6.07) is 22.0. The number of hydrogen-bond acceptors (Lipinski definition) is 4. The standard InChI is InChI=1S/C21H18N2O2S2/c24-27(25,19-9-2-1-3-10-19)23-14-17(20-11-4-5-12-21(20)23)15-26-16-18-8-6-7-13-22-18/h1-14H,15-16H2. The molecule has 0 aliphatic carbocycles. The molecule has 0 radical (unpaired) electrons. The summed E-state index contributed by atoms with van der Waals surface area (Å²) < 4.78 is 27.6. The Morgan fingerprint density at radius 2 is 1.59 bits per heavy atom. The zero-order valence-electron chi connectivity index (χ0n) is 14.5. The van der Waals surface area contributed by atoms with Gasteiger partial charge in [0.15, 0.2) is 0 Å². The molecule has 0 bridgehead atoms. The molecule has 0 N–H and O–H groups in total. The van der Waals surface area contributed by atoms with E-state index in [9.17, 15) is 8.42 Å². The van der Waals surface area contributed by atoms with E-state index in [0.717, 1.165) is 22.4 Å². The monoisotopic (exact) mass is 394 g/mol. The van der Waals surface area contributed by atoms with E-state index in [4.69, 9.17) is 0 Å². The van der Waals surface area contributed by atoms with Crippen molar-refractivity contribution < 1.29 is 8.42 Å². The molecule has 6 heteroatoms. The van der Waals surface area contributed by atoms with Gasteiger partial charge in [-0.1, -0.05) is 42.5 Å². The molecule has 0 amide bonds. The Morgan fingerprint density at radius 3 is 2.37 bits per heavy atom. The highest BCUT2D eigenvalue weighted by Gasteiger charge is 2.20. The quantitative estimate of drug-likeness (QED) is 0.475. The molecule has 4 rings (SSSR count). The second-order valence-corrected chi connectivity index (χ2v) is 8.90. The average molecular weight is 395 g/mol. The van der Waals surface area contributed by atoms with Crippen LogP contribution in [0.15, 0.2) is 90.1 Å². The number of nitrogens with zero attached hydrogens (tertiary/aromatic N) is 2. The molecule has 0 aliphatic heterocycles. The number of benzene rings is 2. The third kappa shape index (κ3) is 3.63. The predicted molar refractivity (Wildman–Crippen MR) is 110 cm³/mol. The molecule has 4 aromatic rings. The van der Waals surface area contributed by atoms with Crippen LogP contribution in [0.5, 0.6) is 0 Å². The van der Waals surface area contributed by atoms with Crippen LogP contribution in [0, 0.1) is 0 Å². The summed E-state index contributed by atoms with van der Waals surface area (Å²) in [6.45, 7) is 0. The van der Waals surface area contributed by atoms with Gasteiger partial charge in [-0.3, -0.25) is 4.98 Å². The van der Waals surface area contributed by atoms with Crippen molar-refractivity contribution in [3.05, 3.63) is 96.4 Å². The molecule has 2 aromatic heterocycles. The Hall–Kier alpha value is -2.57. The highest BCUT2D eigenvalue weighted by molar-refractivity contribution is 7.97. The van der Waals surface area contributed by atoms with E-state index in [0.29, 0.717) is 16.2 Å². The second-order valence-electron chi connectivity index (χ2n) is 6.10. The fourth-order valence-corrected chi connectivity index (χ4v) is 5.33. The van der Waals surface area contributed by atoms with Gasteiger partial charge < -0.3 is 0 Å². The van der Waals surface area contributed by atoms with Gasteiger partial charge in [-0.05, 0) is 35.9 Å². The molecule has 0 aliphatic rings. The van der Waals surface area contributed by atoms with Gasteiger partial charge in [0.2, 0.25) is 0 Å². The predicted octanol–water partition coefficient (Wildman–Crippen LogP) is 4.71. The number of para-hydroxylation sites is 1. The smallest absolute Gasteiger partial charge is 0.260 e. The summed E-state index contributed by atoms with van der Waals surface area (Å²) in [7, 11) is -3.63. The zero-order valence-corrected chi connectivity index (χ0v) is 16.2. The van der Waals surface area contributed by atoms with E-state index in [-0.39, 0.29) is 0 Å². The molecule has 0 saturated heterocycles. The van der Waals surface area contributed by atoms with Crippen LogP contribution in [0.4, 0.5) is 0 Å². The maximum atomic E-state index is 13.1. The first-order chi connectivity index (χ1) is 13.2. The lowest BCUT2D eigenvalue weighted by atomic mass is 10.2. The van der Waals surface area contributed by atoms with Crippen LogP contribution in [0.2, 0.25) is 0 Å². The number of hydrogen-bond donors (Lipinski definition) is 0. The SMILES string of the molecule is O=S(=O)(c1ccccc1)n1cc(CSCc2ccccn2)c2ccccc21. The van der Waals surface area contributed by atoms with Crippen molar-refractivity contribution in [2.75, 3.05) is 0 Å². The lowest BCUT2D eigenvalue weighted by molar-refractivity contribution is 0.589. The van der Waals surface area contributed by atoms with Gasteiger partial charge in [0.05, 0.1) is 16.1 Å². The molecule has 0 spiro atoms. The van der Waals surface area contributed by atoms with E-state index in [1.807, 2.05) is 48.5 Å². The fraction of sp³-hybridized carbons (Fsp3) is 0.0952. The first-order valence-electron chi connectivity index (χ1n) is 8.53. The second kappa shape index (κ2) is 7.58. The van der Waals surface area contributed by atoms with Crippen LogP contribution < -0.4 is 0 Å². The van der Waals surface area contributed by atoms with Crippen LogP contribution in [-0.2, 0) is 21.5 Å². The largest absolute Gasteiger partial charge is 0.268 e. The summed E-state index contributed by atoms with van der Waals surface area (Å²) >= 11 is 1.72. The van der Waals surface area contributed by atoms with Gasteiger partial charge in [0, 0.05) is 29.3 Å². The minimum absolute atomic E-state index is 0.290. The Kier molecular flexibility index (Phi) is 5.01. The van der Waals surface area contributed by atoms with Crippen LogP contribution in [0.3, 0.4) is 0 Å². The molecule has 0 fully saturated rings. The summed E-state index contributed by atoms with van der Waals surface area (Å²) in [4.78, 5) is 4.62. The first kappa shape index (κ1) is 17.8. The minimum Gasteiger partial charge on any atom is -0.260 e. The molecule has 4 nitrogen and oxygen atoms in total. The average Bonchev–Trinajstić information content (AvgIpc) is 3.09. The molecular weight excluding hydrogens is 376 g/mol. The van der Waals surface area contributed by atoms with Gasteiger partial charge in [-0.25, -0.2) is 12.4 Å². The fourth-order valence-electron chi connectivity index (χ4n) is 2.99. The number of fused-ring (bicyclic) bond motifs is 1.